The molecule has 0 N–H and O–H groups in total. The van der Waals surface area contributed by atoms with Gasteiger partial charge < -0.3 is 4.90 Å². The molecule has 0 spiro atoms. The van der Waals surface area contributed by atoms with Gasteiger partial charge in [-0.1, -0.05) is 62.4 Å². The largest absolute Gasteiger partial charge is 0.321 e. The monoisotopic (exact) mass is 264 g/mol. The molecule has 1 saturated heterocycles. The third-order valence-corrected chi connectivity index (χ3v) is 4.11. The van der Waals surface area contributed by atoms with Crippen molar-refractivity contribution >= 4 is 11.5 Å². The normalized spacial score (nSPS) is 22.6. The first-order valence-corrected chi connectivity index (χ1v) is 7.02. The second kappa shape index (κ2) is 4.78. The zero-order valence-corrected chi connectivity index (χ0v) is 12.2. The molecule has 1 heterocycles. The van der Waals surface area contributed by atoms with Crippen molar-refractivity contribution in [3.05, 3.63) is 66.2 Å². The number of nitrogens with zero attached hydrogens (tertiary/aromatic N) is 2. The zero-order chi connectivity index (χ0) is 14.2. The van der Waals surface area contributed by atoms with E-state index in [2.05, 4.69) is 84.4 Å². The maximum absolute atomic E-state index is 4.52. The Labute approximate surface area is 120 Å². The minimum absolute atomic E-state index is 0.0615. The Balaban J connectivity index is 2.07. The van der Waals surface area contributed by atoms with Crippen LogP contribution in [-0.4, -0.2) is 12.9 Å². The molecule has 3 rings (SSSR count). The highest BCUT2D eigenvalue weighted by Gasteiger charge is 2.52. The van der Waals surface area contributed by atoms with Gasteiger partial charge in [-0.3, -0.25) is 4.99 Å². The molecule has 0 aromatic heterocycles. The SMILES string of the molecule is CN=C1N(c2ccccc2)C(c2ccccc2)C1(C)C. The Kier molecular flexibility index (Phi) is 3.09. The van der Waals surface area contributed by atoms with E-state index in [1.165, 1.54) is 11.3 Å². The molecule has 1 unspecified atom stereocenters. The fraction of sp³-hybridized carbons (Fsp3) is 0.278. The molecule has 1 aliphatic rings. The van der Waals surface area contributed by atoms with Gasteiger partial charge in [-0.15, -0.1) is 0 Å². The van der Waals surface area contributed by atoms with E-state index >= 15 is 0 Å². The summed E-state index contributed by atoms with van der Waals surface area (Å²) >= 11 is 0. The van der Waals surface area contributed by atoms with Crippen LogP contribution in [0.15, 0.2) is 65.7 Å². The molecule has 0 saturated carbocycles. The zero-order valence-electron chi connectivity index (χ0n) is 12.2. The predicted molar refractivity (Wildman–Crippen MR) is 85.2 cm³/mol. The fourth-order valence-electron chi connectivity index (χ4n) is 3.27. The smallest absolute Gasteiger partial charge is 0.112 e. The van der Waals surface area contributed by atoms with E-state index in [0.717, 1.165) is 5.84 Å². The van der Waals surface area contributed by atoms with E-state index in [1.807, 2.05) is 7.05 Å². The van der Waals surface area contributed by atoms with Gasteiger partial charge in [0.05, 0.1) is 6.04 Å². The second-order valence-corrected chi connectivity index (χ2v) is 5.79. The quantitative estimate of drug-likeness (QED) is 0.789. The Morgan fingerprint density at radius 1 is 0.900 bits per heavy atom. The van der Waals surface area contributed by atoms with Crippen molar-refractivity contribution in [1.82, 2.24) is 0 Å². The molecule has 2 heteroatoms. The topological polar surface area (TPSA) is 15.6 Å². The Morgan fingerprint density at radius 3 is 2.00 bits per heavy atom. The van der Waals surface area contributed by atoms with E-state index in [0.29, 0.717) is 6.04 Å². The van der Waals surface area contributed by atoms with Gasteiger partial charge in [-0.2, -0.15) is 0 Å². The van der Waals surface area contributed by atoms with Crippen LogP contribution in [0.25, 0.3) is 0 Å². The van der Waals surface area contributed by atoms with E-state index in [4.69, 9.17) is 0 Å². The van der Waals surface area contributed by atoms with Crippen molar-refractivity contribution in [2.45, 2.75) is 19.9 Å². The maximum atomic E-state index is 4.52. The third kappa shape index (κ3) is 1.83. The fourth-order valence-corrected chi connectivity index (χ4v) is 3.27. The summed E-state index contributed by atoms with van der Waals surface area (Å²) < 4.78 is 0. The molecule has 1 atom stereocenters. The molecule has 0 amide bonds. The predicted octanol–water partition coefficient (Wildman–Crippen LogP) is 4.30. The molecule has 20 heavy (non-hydrogen) atoms. The number of hydrogen-bond acceptors (Lipinski definition) is 1. The van der Waals surface area contributed by atoms with Crippen molar-refractivity contribution in [2.75, 3.05) is 11.9 Å². The molecule has 1 fully saturated rings. The number of para-hydroxylation sites is 1. The van der Waals surface area contributed by atoms with Crippen LogP contribution in [-0.2, 0) is 0 Å². The second-order valence-electron chi connectivity index (χ2n) is 5.79. The number of aliphatic imine (C=N–C) groups is 1. The minimum atomic E-state index is 0.0615. The Morgan fingerprint density at radius 2 is 1.45 bits per heavy atom. The molecule has 0 radical (unpaired) electrons. The molecular formula is C18H20N2. The Bertz CT molecular complexity index is 614. The Hall–Kier alpha value is -2.09. The van der Waals surface area contributed by atoms with Crippen LogP contribution in [0, 0.1) is 5.41 Å². The van der Waals surface area contributed by atoms with Crippen LogP contribution in [0.2, 0.25) is 0 Å². The highest BCUT2D eigenvalue weighted by Crippen LogP contribution is 2.52. The van der Waals surface area contributed by atoms with Gasteiger partial charge >= 0.3 is 0 Å². The number of amidine groups is 1. The van der Waals surface area contributed by atoms with E-state index in [1.54, 1.807) is 0 Å². The highest BCUT2D eigenvalue weighted by molar-refractivity contribution is 6.09. The number of anilines is 1. The highest BCUT2D eigenvalue weighted by atomic mass is 15.3. The number of benzene rings is 2. The van der Waals surface area contributed by atoms with Gasteiger partial charge in [0.15, 0.2) is 0 Å². The average Bonchev–Trinajstić information content (AvgIpc) is 2.47. The third-order valence-electron chi connectivity index (χ3n) is 4.11. The summed E-state index contributed by atoms with van der Waals surface area (Å²) in [4.78, 5) is 6.87. The summed E-state index contributed by atoms with van der Waals surface area (Å²) in [5, 5.41) is 0. The lowest BCUT2D eigenvalue weighted by atomic mass is 9.70. The summed E-state index contributed by atoms with van der Waals surface area (Å²) in [7, 11) is 1.88. The molecule has 0 bridgehead atoms. The number of hydrogen-bond donors (Lipinski definition) is 0. The lowest BCUT2D eigenvalue weighted by molar-refractivity contribution is 0.338. The molecule has 2 aromatic rings. The first kappa shape index (κ1) is 12.9. The van der Waals surface area contributed by atoms with Crippen LogP contribution in [0.3, 0.4) is 0 Å². The van der Waals surface area contributed by atoms with Gasteiger partial charge in [0, 0.05) is 18.2 Å². The summed E-state index contributed by atoms with van der Waals surface area (Å²) in [6.07, 6.45) is 0. The van der Waals surface area contributed by atoms with Crippen LogP contribution < -0.4 is 4.90 Å². The first-order valence-electron chi connectivity index (χ1n) is 7.02. The minimum Gasteiger partial charge on any atom is -0.321 e. The molecule has 102 valence electrons. The van der Waals surface area contributed by atoms with Gasteiger partial charge in [0.1, 0.15) is 5.84 Å². The first-order chi connectivity index (χ1) is 9.66. The van der Waals surface area contributed by atoms with Crippen molar-refractivity contribution in [1.29, 1.82) is 0 Å². The van der Waals surface area contributed by atoms with Crippen molar-refractivity contribution in [3.63, 3.8) is 0 Å². The van der Waals surface area contributed by atoms with Crippen LogP contribution >= 0.6 is 0 Å². The van der Waals surface area contributed by atoms with Crippen LogP contribution in [0.1, 0.15) is 25.5 Å². The summed E-state index contributed by atoms with van der Waals surface area (Å²) in [5.41, 5.74) is 2.61. The van der Waals surface area contributed by atoms with Crippen LogP contribution in [0.4, 0.5) is 5.69 Å². The molecule has 2 nitrogen and oxygen atoms in total. The van der Waals surface area contributed by atoms with Crippen LogP contribution in [0.5, 0.6) is 0 Å². The lowest BCUT2D eigenvalue weighted by Crippen LogP contribution is -2.61. The maximum Gasteiger partial charge on any atom is 0.112 e. The molecule has 0 aliphatic carbocycles. The molecular weight excluding hydrogens is 244 g/mol. The summed E-state index contributed by atoms with van der Waals surface area (Å²) in [6.45, 7) is 4.54. The molecule has 1 aliphatic heterocycles. The van der Waals surface area contributed by atoms with E-state index < -0.39 is 0 Å². The number of rotatable bonds is 2. The summed E-state index contributed by atoms with van der Waals surface area (Å²) in [6, 6.07) is 21.5. The van der Waals surface area contributed by atoms with Crippen molar-refractivity contribution < 1.29 is 0 Å². The standard InChI is InChI=1S/C18H20N2/c1-18(2)16(14-10-6-4-7-11-14)20(17(18)19-3)15-12-8-5-9-13-15/h4-13,16H,1-3H3. The summed E-state index contributed by atoms with van der Waals surface area (Å²) in [5.74, 6) is 1.15. The van der Waals surface area contributed by atoms with Crippen molar-refractivity contribution in [2.24, 2.45) is 10.4 Å². The van der Waals surface area contributed by atoms with E-state index in [-0.39, 0.29) is 5.41 Å². The van der Waals surface area contributed by atoms with Crippen molar-refractivity contribution in [3.8, 4) is 0 Å². The average molecular weight is 264 g/mol. The van der Waals surface area contributed by atoms with Gasteiger partial charge in [-0.25, -0.2) is 0 Å². The van der Waals surface area contributed by atoms with Gasteiger partial charge in [-0.05, 0) is 17.7 Å². The van der Waals surface area contributed by atoms with E-state index in [9.17, 15) is 0 Å². The molecule has 2 aromatic carbocycles. The van der Waals surface area contributed by atoms with Gasteiger partial charge in [0.25, 0.3) is 0 Å². The lowest BCUT2D eigenvalue weighted by Gasteiger charge is -2.56. The van der Waals surface area contributed by atoms with Gasteiger partial charge in [0.2, 0.25) is 0 Å².